The van der Waals surface area contributed by atoms with Gasteiger partial charge in [-0.3, -0.25) is 19.8 Å². The fourth-order valence-electron chi connectivity index (χ4n) is 9.96. The molecule has 5 heterocycles. The summed E-state index contributed by atoms with van der Waals surface area (Å²) in [7, 11) is -4.72. The van der Waals surface area contributed by atoms with Gasteiger partial charge in [-0.15, -0.1) is 0 Å². The largest absolute Gasteiger partial charge is 0.474 e. The molecule has 3 aliphatic heterocycles. The van der Waals surface area contributed by atoms with Crippen LogP contribution in [0.5, 0.6) is 5.88 Å². The Morgan fingerprint density at radius 3 is 2.53 bits per heavy atom. The van der Waals surface area contributed by atoms with Gasteiger partial charge in [0.2, 0.25) is 5.88 Å². The van der Waals surface area contributed by atoms with E-state index < -0.39 is 37.3 Å². The van der Waals surface area contributed by atoms with E-state index in [0.29, 0.717) is 67.8 Å². The Balaban J connectivity index is 0.923. The standard InChI is InChI=1S/C47H50ClFN8O8S/c48-33-4-2-30(3-5-33)37-26-47(10-1-11-47)12-8-32(37)28-54-14-16-55(17-15-54)41-25-40(56-18-19-65-46-43(56)22-31-9-13-50-44(31)52-46)36(24-38(41)49)45(58)53-66(61,62)35-6-7-39(42(23-35)57(59)60)51-27-34-29-63-20-21-64-34/h2-7,9,13,22-25,34,51H,1,8,10-12,14-21,26-29H2,(H,50,52)(H,53,58). The molecule has 2 aromatic heterocycles. The number of rotatable bonds is 12. The Labute approximate surface area is 386 Å². The van der Waals surface area contributed by atoms with Gasteiger partial charge in [-0.2, -0.15) is 4.98 Å². The number of benzene rings is 3. The highest BCUT2D eigenvalue weighted by Crippen LogP contribution is 2.55. The number of pyridine rings is 1. The van der Waals surface area contributed by atoms with Crippen molar-refractivity contribution in [3.8, 4) is 5.88 Å². The number of aromatic amines is 1. The zero-order valence-corrected chi connectivity index (χ0v) is 37.8. The normalized spacial score (nSPS) is 19.9. The Morgan fingerprint density at radius 1 is 0.970 bits per heavy atom. The Morgan fingerprint density at radius 2 is 1.79 bits per heavy atom. The topological polar surface area (TPSA) is 185 Å². The summed E-state index contributed by atoms with van der Waals surface area (Å²) >= 11 is 6.28. The van der Waals surface area contributed by atoms with E-state index in [0.717, 1.165) is 43.0 Å². The summed E-state index contributed by atoms with van der Waals surface area (Å²) in [6.07, 6.45) is 8.54. The molecule has 5 aliphatic rings. The number of ether oxygens (including phenoxy) is 3. The minimum Gasteiger partial charge on any atom is -0.474 e. The van der Waals surface area contributed by atoms with Gasteiger partial charge in [-0.05, 0) is 97.2 Å². The molecule has 0 bridgehead atoms. The van der Waals surface area contributed by atoms with E-state index in [-0.39, 0.29) is 54.3 Å². The van der Waals surface area contributed by atoms with Crippen molar-refractivity contribution in [1.82, 2.24) is 19.6 Å². The van der Waals surface area contributed by atoms with Crippen LogP contribution in [0.3, 0.4) is 0 Å². The number of nitro groups is 1. The molecule has 16 nitrogen and oxygen atoms in total. The van der Waals surface area contributed by atoms with Crippen molar-refractivity contribution in [2.45, 2.75) is 49.5 Å². The number of piperazine rings is 1. The van der Waals surface area contributed by atoms with Gasteiger partial charge < -0.3 is 34.3 Å². The molecule has 1 unspecified atom stereocenters. The first-order valence-electron chi connectivity index (χ1n) is 22.4. The first-order valence-corrected chi connectivity index (χ1v) is 24.2. The molecule has 3 aromatic carbocycles. The number of fused-ring (bicyclic) bond motifs is 2. The maximum Gasteiger partial charge on any atom is 0.293 e. The number of nitro benzene ring substituents is 1. The summed E-state index contributed by atoms with van der Waals surface area (Å²) in [4.78, 5) is 39.1. The summed E-state index contributed by atoms with van der Waals surface area (Å²) in [6.45, 7) is 4.94. The molecule has 0 radical (unpaired) electrons. The highest BCUT2D eigenvalue weighted by Gasteiger charge is 2.41. The fourth-order valence-corrected chi connectivity index (χ4v) is 11.1. The Bertz CT molecular complexity index is 2820. The van der Waals surface area contributed by atoms with Crippen LogP contribution >= 0.6 is 11.6 Å². The average molecular weight is 941 g/mol. The molecule has 2 saturated heterocycles. The second-order valence-electron chi connectivity index (χ2n) is 17.8. The zero-order chi connectivity index (χ0) is 45.6. The van der Waals surface area contributed by atoms with E-state index >= 15 is 4.39 Å². The summed E-state index contributed by atoms with van der Waals surface area (Å²) in [5.41, 5.74) is 5.39. The third kappa shape index (κ3) is 8.91. The van der Waals surface area contributed by atoms with Crippen LogP contribution in [0.4, 0.5) is 32.8 Å². The lowest BCUT2D eigenvalue weighted by atomic mass is 9.59. The van der Waals surface area contributed by atoms with E-state index in [9.17, 15) is 23.3 Å². The van der Waals surface area contributed by atoms with Crippen molar-refractivity contribution >= 4 is 72.6 Å². The number of nitrogens with zero attached hydrogens (tertiary/aromatic N) is 5. The van der Waals surface area contributed by atoms with E-state index in [4.69, 9.17) is 25.8 Å². The van der Waals surface area contributed by atoms with Crippen molar-refractivity contribution in [2.75, 3.05) is 87.4 Å². The van der Waals surface area contributed by atoms with Crippen LogP contribution in [-0.4, -0.2) is 112 Å². The van der Waals surface area contributed by atoms with Gasteiger partial charge in [0.1, 0.15) is 29.4 Å². The molecule has 1 atom stereocenters. The minimum absolute atomic E-state index is 0.0620. The summed E-state index contributed by atoms with van der Waals surface area (Å²) in [5.74, 6) is -1.53. The van der Waals surface area contributed by atoms with Gasteiger partial charge in [-0.1, -0.05) is 35.7 Å². The first-order chi connectivity index (χ1) is 31.9. The smallest absolute Gasteiger partial charge is 0.293 e. The molecule has 1 spiro atoms. The van der Waals surface area contributed by atoms with Crippen LogP contribution in [0.25, 0.3) is 16.6 Å². The molecule has 2 aliphatic carbocycles. The second kappa shape index (κ2) is 18.1. The van der Waals surface area contributed by atoms with Gasteiger partial charge in [0.05, 0.1) is 59.2 Å². The quantitative estimate of drug-likeness (QED) is 0.0819. The van der Waals surface area contributed by atoms with Gasteiger partial charge in [0, 0.05) is 61.9 Å². The summed E-state index contributed by atoms with van der Waals surface area (Å²) < 4.78 is 63.4. The lowest BCUT2D eigenvalue weighted by molar-refractivity contribution is -0.384. The second-order valence-corrected chi connectivity index (χ2v) is 19.9. The molecule has 346 valence electrons. The highest BCUT2D eigenvalue weighted by atomic mass is 35.5. The Kier molecular flexibility index (Phi) is 12.1. The van der Waals surface area contributed by atoms with E-state index in [1.807, 2.05) is 29.2 Å². The number of anilines is 4. The lowest BCUT2D eigenvalue weighted by Crippen LogP contribution is -2.47. The maximum atomic E-state index is 16.6. The van der Waals surface area contributed by atoms with E-state index in [1.54, 1.807) is 17.2 Å². The molecule has 66 heavy (non-hydrogen) atoms. The van der Waals surface area contributed by atoms with Gasteiger partial charge >= 0.3 is 0 Å². The minimum atomic E-state index is -4.72. The number of aromatic nitrogens is 2. The number of H-pyrrole nitrogens is 1. The van der Waals surface area contributed by atoms with Crippen molar-refractivity contribution < 1.29 is 36.7 Å². The number of amides is 1. The number of carbonyl (C=O) groups is 1. The third-order valence-corrected chi connectivity index (χ3v) is 15.3. The van der Waals surface area contributed by atoms with Gasteiger partial charge in [-0.25, -0.2) is 17.5 Å². The monoisotopic (exact) mass is 940 g/mol. The summed E-state index contributed by atoms with van der Waals surface area (Å²) in [6, 6.07) is 17.8. The van der Waals surface area contributed by atoms with E-state index in [2.05, 4.69) is 37.0 Å². The highest BCUT2D eigenvalue weighted by molar-refractivity contribution is 7.90. The van der Waals surface area contributed by atoms with Gasteiger partial charge in [0.25, 0.3) is 21.6 Å². The van der Waals surface area contributed by atoms with Crippen LogP contribution in [0.2, 0.25) is 5.02 Å². The molecule has 19 heteroatoms. The molecule has 5 aromatic rings. The average Bonchev–Trinajstić information content (AvgIpc) is 3.78. The van der Waals surface area contributed by atoms with Crippen LogP contribution in [0.15, 0.2) is 83.4 Å². The Hall–Kier alpha value is -5.79. The summed E-state index contributed by atoms with van der Waals surface area (Å²) in [5, 5.41) is 16.6. The van der Waals surface area contributed by atoms with Crippen LogP contribution in [0, 0.1) is 21.3 Å². The van der Waals surface area contributed by atoms with Crippen molar-refractivity contribution in [2.24, 2.45) is 5.41 Å². The molecular weight excluding hydrogens is 891 g/mol. The molecular formula is C47H50ClFN8O8S. The number of sulfonamides is 1. The molecule has 1 saturated carbocycles. The maximum absolute atomic E-state index is 16.6. The van der Waals surface area contributed by atoms with Crippen molar-refractivity contribution in [3.63, 3.8) is 0 Å². The van der Waals surface area contributed by atoms with Crippen LogP contribution in [-0.2, 0) is 19.5 Å². The molecule has 3 N–H and O–H groups in total. The molecule has 1 amide bonds. The predicted molar refractivity (Wildman–Crippen MR) is 249 cm³/mol. The van der Waals surface area contributed by atoms with Crippen molar-refractivity contribution in [3.05, 3.63) is 111 Å². The number of halogens is 2. The number of hydrogen-bond donors (Lipinski definition) is 3. The number of carbonyl (C=O) groups excluding carboxylic acids is 1. The first kappa shape index (κ1) is 44.1. The SMILES string of the molecule is O=C(NS(=O)(=O)c1ccc(NCC2COCCO2)c([N+](=O)[O-])c1)c1cc(F)c(N2CCN(CC3=C(c4ccc(Cl)cc4)CC4(CCC4)CC3)CC2)cc1N1CCOc2nc3[nH]ccc3cc21. The zero-order valence-electron chi connectivity index (χ0n) is 36.2. The molecule has 10 rings (SSSR count). The number of hydrogen-bond acceptors (Lipinski definition) is 13. The number of allylic oxidation sites excluding steroid dienone is 1. The molecule has 3 fully saturated rings. The van der Waals surface area contributed by atoms with Gasteiger partial charge in [0.15, 0.2) is 0 Å². The van der Waals surface area contributed by atoms with Crippen LogP contribution < -0.4 is 24.6 Å². The lowest BCUT2D eigenvalue weighted by Gasteiger charge is -2.47. The third-order valence-electron chi connectivity index (χ3n) is 13.7. The van der Waals surface area contributed by atoms with Crippen LogP contribution in [0.1, 0.15) is 54.4 Å². The van der Waals surface area contributed by atoms with E-state index in [1.165, 1.54) is 48.5 Å². The number of nitrogens with one attached hydrogen (secondary N) is 3. The predicted octanol–water partition coefficient (Wildman–Crippen LogP) is 7.67. The fraction of sp³-hybridized carbons (Fsp3) is 0.404. The van der Waals surface area contributed by atoms with Crippen molar-refractivity contribution in [1.29, 1.82) is 0 Å².